The zero-order valence-electron chi connectivity index (χ0n) is 8.74. The molecule has 0 bridgehead atoms. The molecule has 0 spiro atoms. The van der Waals surface area contributed by atoms with Crippen molar-refractivity contribution in [1.29, 1.82) is 0 Å². The van der Waals surface area contributed by atoms with Crippen LogP contribution < -0.4 is 5.73 Å². The molecular formula is C11H12ClNO2S. The fourth-order valence-corrected chi connectivity index (χ4v) is 2.25. The van der Waals surface area contributed by atoms with Crippen LogP contribution in [-0.2, 0) is 4.79 Å². The molecule has 1 aromatic rings. The van der Waals surface area contributed by atoms with Gasteiger partial charge in [-0.25, -0.2) is 4.79 Å². The largest absolute Gasteiger partial charge is 0.478 e. The summed E-state index contributed by atoms with van der Waals surface area (Å²) in [6.07, 6.45) is 1.19. The third kappa shape index (κ3) is 4.16. The highest BCUT2D eigenvalue weighted by Gasteiger charge is 2.02. The van der Waals surface area contributed by atoms with Crippen LogP contribution in [-0.4, -0.2) is 16.8 Å². The van der Waals surface area contributed by atoms with Gasteiger partial charge >= 0.3 is 5.97 Å². The van der Waals surface area contributed by atoms with Gasteiger partial charge in [0.2, 0.25) is 0 Å². The van der Waals surface area contributed by atoms with E-state index in [1.165, 1.54) is 17.8 Å². The van der Waals surface area contributed by atoms with Gasteiger partial charge in [0.1, 0.15) is 0 Å². The van der Waals surface area contributed by atoms with E-state index in [2.05, 4.69) is 0 Å². The van der Waals surface area contributed by atoms with Crippen molar-refractivity contribution in [1.82, 2.24) is 0 Å². The van der Waals surface area contributed by atoms with Crippen molar-refractivity contribution in [2.24, 2.45) is 0 Å². The highest BCUT2D eigenvalue weighted by atomic mass is 35.5. The molecule has 3 nitrogen and oxygen atoms in total. The molecule has 0 aliphatic heterocycles. The Hall–Kier alpha value is -1.13. The summed E-state index contributed by atoms with van der Waals surface area (Å²) < 4.78 is 0. The first-order chi connectivity index (χ1) is 7.49. The summed E-state index contributed by atoms with van der Waals surface area (Å²) in [5, 5.41) is 9.18. The van der Waals surface area contributed by atoms with E-state index in [0.29, 0.717) is 16.5 Å². The fraction of sp³-hybridized carbons (Fsp3) is 0.182. The van der Waals surface area contributed by atoms with E-state index in [1.54, 1.807) is 25.1 Å². The number of thioether (sulfide) groups is 1. The molecule has 0 amide bonds. The molecule has 0 unspecified atom stereocenters. The van der Waals surface area contributed by atoms with Crippen molar-refractivity contribution in [3.05, 3.63) is 34.9 Å². The lowest BCUT2D eigenvalue weighted by Gasteiger charge is -2.05. The molecule has 0 heterocycles. The third-order valence-electron chi connectivity index (χ3n) is 1.78. The van der Waals surface area contributed by atoms with Gasteiger partial charge < -0.3 is 10.8 Å². The molecule has 0 aliphatic rings. The van der Waals surface area contributed by atoms with E-state index in [4.69, 9.17) is 22.4 Å². The van der Waals surface area contributed by atoms with Gasteiger partial charge in [-0.2, -0.15) is 0 Å². The van der Waals surface area contributed by atoms with Crippen molar-refractivity contribution >= 4 is 35.0 Å². The van der Waals surface area contributed by atoms with E-state index in [0.717, 1.165) is 10.5 Å². The summed E-state index contributed by atoms with van der Waals surface area (Å²) in [5.74, 6) is -0.355. The van der Waals surface area contributed by atoms with Gasteiger partial charge in [-0.1, -0.05) is 17.2 Å². The molecule has 0 radical (unpaired) electrons. The maximum Gasteiger partial charge on any atom is 0.328 e. The van der Waals surface area contributed by atoms with Crippen molar-refractivity contribution in [2.75, 3.05) is 11.5 Å². The Bertz CT molecular complexity index is 432. The van der Waals surface area contributed by atoms with Crippen LogP contribution in [0.1, 0.15) is 6.92 Å². The summed E-state index contributed by atoms with van der Waals surface area (Å²) in [5.41, 5.74) is 7.05. The summed E-state index contributed by atoms with van der Waals surface area (Å²) >= 11 is 7.44. The predicted molar refractivity (Wildman–Crippen MR) is 68.0 cm³/mol. The summed E-state index contributed by atoms with van der Waals surface area (Å²) in [7, 11) is 0. The smallest absolute Gasteiger partial charge is 0.328 e. The van der Waals surface area contributed by atoms with E-state index in [-0.39, 0.29) is 0 Å². The molecule has 0 aromatic heterocycles. The molecule has 0 saturated heterocycles. The Kier molecular flexibility index (Phi) is 4.71. The molecule has 0 fully saturated rings. The fourth-order valence-electron chi connectivity index (χ4n) is 1.07. The number of rotatable bonds is 4. The number of aliphatic carboxylic acids is 1. The molecule has 5 heteroatoms. The van der Waals surface area contributed by atoms with Gasteiger partial charge in [-0.3, -0.25) is 0 Å². The van der Waals surface area contributed by atoms with Gasteiger partial charge in [0.05, 0.1) is 5.02 Å². The number of carbonyl (C=O) groups is 1. The van der Waals surface area contributed by atoms with Crippen LogP contribution in [0.5, 0.6) is 0 Å². The van der Waals surface area contributed by atoms with Crippen LogP contribution in [0, 0.1) is 0 Å². The van der Waals surface area contributed by atoms with E-state index in [1.807, 2.05) is 0 Å². The van der Waals surface area contributed by atoms with E-state index < -0.39 is 5.97 Å². The highest BCUT2D eigenvalue weighted by molar-refractivity contribution is 7.99. The second kappa shape index (κ2) is 5.82. The number of anilines is 1. The first-order valence-corrected chi connectivity index (χ1v) is 5.93. The highest BCUT2D eigenvalue weighted by Crippen LogP contribution is 2.30. The molecule has 86 valence electrons. The summed E-state index contributed by atoms with van der Waals surface area (Å²) in [6, 6.07) is 5.24. The molecule has 0 atom stereocenters. The Balaban J connectivity index is 2.68. The van der Waals surface area contributed by atoms with Gasteiger partial charge in [0.15, 0.2) is 0 Å². The molecule has 1 rings (SSSR count). The third-order valence-corrected chi connectivity index (χ3v) is 3.47. The molecule has 1 aromatic carbocycles. The maximum atomic E-state index is 10.4. The number of halogens is 1. The van der Waals surface area contributed by atoms with E-state index in [9.17, 15) is 4.79 Å². The van der Waals surface area contributed by atoms with Crippen LogP contribution in [0.25, 0.3) is 0 Å². The van der Waals surface area contributed by atoms with Crippen molar-refractivity contribution in [2.45, 2.75) is 11.8 Å². The predicted octanol–water partition coefficient (Wildman–Crippen LogP) is 3.05. The molecule has 3 N–H and O–H groups in total. The van der Waals surface area contributed by atoms with Gasteiger partial charge in [0.25, 0.3) is 0 Å². The number of hydrogen-bond acceptors (Lipinski definition) is 3. The van der Waals surface area contributed by atoms with Gasteiger partial charge in [0, 0.05) is 22.4 Å². The van der Waals surface area contributed by atoms with Crippen molar-refractivity contribution < 1.29 is 9.90 Å². The second-order valence-electron chi connectivity index (χ2n) is 3.31. The minimum Gasteiger partial charge on any atom is -0.478 e. The second-order valence-corrected chi connectivity index (χ2v) is 4.73. The molecule has 0 saturated carbocycles. The average Bonchev–Trinajstić information content (AvgIpc) is 2.18. The lowest BCUT2D eigenvalue weighted by atomic mass is 10.3. The van der Waals surface area contributed by atoms with Crippen molar-refractivity contribution in [3.63, 3.8) is 0 Å². The summed E-state index contributed by atoms with van der Waals surface area (Å²) in [6.45, 7) is 1.77. The first kappa shape index (κ1) is 12.9. The zero-order valence-corrected chi connectivity index (χ0v) is 10.3. The number of carboxylic acids is 1. The lowest BCUT2D eigenvalue weighted by molar-refractivity contribution is -0.131. The number of nitrogens with two attached hydrogens (primary N) is 1. The Labute approximate surface area is 103 Å². The topological polar surface area (TPSA) is 63.3 Å². The Morgan fingerprint density at radius 3 is 2.94 bits per heavy atom. The normalized spacial score (nSPS) is 11.5. The Morgan fingerprint density at radius 2 is 2.31 bits per heavy atom. The van der Waals surface area contributed by atoms with Crippen LogP contribution in [0.2, 0.25) is 5.02 Å². The lowest BCUT2D eigenvalue weighted by Crippen LogP contribution is -1.92. The number of benzene rings is 1. The number of nitrogen functional groups attached to an aromatic ring is 1. The van der Waals surface area contributed by atoms with E-state index >= 15 is 0 Å². The zero-order chi connectivity index (χ0) is 12.1. The van der Waals surface area contributed by atoms with Crippen LogP contribution >= 0.6 is 23.4 Å². The number of carboxylic acid groups (broad SMARTS) is 1. The van der Waals surface area contributed by atoms with Crippen LogP contribution in [0.4, 0.5) is 5.69 Å². The molecule has 16 heavy (non-hydrogen) atoms. The van der Waals surface area contributed by atoms with Crippen LogP contribution in [0.3, 0.4) is 0 Å². The quantitative estimate of drug-likeness (QED) is 0.494. The minimum atomic E-state index is -0.934. The average molecular weight is 258 g/mol. The molecular weight excluding hydrogens is 246 g/mol. The standard InChI is InChI=1S/C11H12ClNO2S/c1-7(4-11(14)15)6-16-10-5-8(13)2-3-9(10)12/h2-5H,6,13H2,1H3,(H,14,15). The number of hydrogen-bond donors (Lipinski definition) is 2. The minimum absolute atomic E-state index is 0.579. The van der Waals surface area contributed by atoms with Crippen molar-refractivity contribution in [3.8, 4) is 0 Å². The molecule has 0 aliphatic carbocycles. The Morgan fingerprint density at radius 1 is 1.62 bits per heavy atom. The first-order valence-electron chi connectivity index (χ1n) is 4.57. The monoisotopic (exact) mass is 257 g/mol. The SMILES string of the molecule is CC(=CC(=O)O)CSc1cc(N)ccc1Cl. The summed E-state index contributed by atoms with van der Waals surface area (Å²) in [4.78, 5) is 11.3. The van der Waals surface area contributed by atoms with Gasteiger partial charge in [-0.05, 0) is 25.1 Å². The maximum absolute atomic E-state index is 10.4. The van der Waals surface area contributed by atoms with Crippen LogP contribution in [0.15, 0.2) is 34.7 Å². The van der Waals surface area contributed by atoms with Gasteiger partial charge in [-0.15, -0.1) is 11.8 Å².